The minimum absolute atomic E-state index is 0.150. The monoisotopic (exact) mass is 240 g/mol. The van der Waals surface area contributed by atoms with Crippen LogP contribution in [0, 0.1) is 5.41 Å². The van der Waals surface area contributed by atoms with Gasteiger partial charge in [0.25, 0.3) is 0 Å². The van der Waals surface area contributed by atoms with Crippen molar-refractivity contribution in [2.45, 2.75) is 45.6 Å². The maximum atomic E-state index is 12.0. The Bertz CT molecular complexity index is 290. The van der Waals surface area contributed by atoms with Gasteiger partial charge in [-0.3, -0.25) is 0 Å². The van der Waals surface area contributed by atoms with Crippen LogP contribution < -0.4 is 5.32 Å². The lowest BCUT2D eigenvalue weighted by Gasteiger charge is -2.40. The van der Waals surface area contributed by atoms with E-state index in [1.807, 2.05) is 25.7 Å². The summed E-state index contributed by atoms with van der Waals surface area (Å²) in [5.74, 6) is 0. The molecule has 2 rings (SSSR count). The number of likely N-dealkylation sites (tertiary alicyclic amines) is 1. The zero-order valence-electron chi connectivity index (χ0n) is 11.2. The molecule has 0 aliphatic carbocycles. The van der Waals surface area contributed by atoms with Gasteiger partial charge in [-0.2, -0.15) is 0 Å². The molecule has 1 atom stereocenters. The fraction of sp³-hybridized carbons (Fsp3) is 0.923. The number of nitrogens with zero attached hydrogens (tertiary/aromatic N) is 1. The van der Waals surface area contributed by atoms with Gasteiger partial charge in [-0.25, -0.2) is 4.79 Å². The first kappa shape index (κ1) is 12.7. The van der Waals surface area contributed by atoms with Crippen LogP contribution in [0.4, 0.5) is 4.79 Å². The summed E-state index contributed by atoms with van der Waals surface area (Å²) < 4.78 is 5.45. The first-order chi connectivity index (χ1) is 7.90. The van der Waals surface area contributed by atoms with E-state index < -0.39 is 5.60 Å². The van der Waals surface area contributed by atoms with Gasteiger partial charge in [0.05, 0.1) is 0 Å². The van der Waals surface area contributed by atoms with Crippen LogP contribution in [0.15, 0.2) is 0 Å². The lowest BCUT2D eigenvalue weighted by molar-refractivity contribution is 0.00692. The van der Waals surface area contributed by atoms with Crippen LogP contribution in [0.5, 0.6) is 0 Å². The average molecular weight is 240 g/mol. The highest BCUT2D eigenvalue weighted by molar-refractivity contribution is 5.68. The Balaban J connectivity index is 1.95. The minimum Gasteiger partial charge on any atom is -0.444 e. The van der Waals surface area contributed by atoms with Crippen LogP contribution in [0.3, 0.4) is 0 Å². The van der Waals surface area contributed by atoms with Gasteiger partial charge in [0.2, 0.25) is 0 Å². The highest BCUT2D eigenvalue weighted by atomic mass is 16.6. The molecule has 1 amide bonds. The highest BCUT2D eigenvalue weighted by Gasteiger charge is 2.40. The van der Waals surface area contributed by atoms with Crippen LogP contribution in [0.25, 0.3) is 0 Å². The van der Waals surface area contributed by atoms with Crippen LogP contribution in [-0.4, -0.2) is 42.8 Å². The van der Waals surface area contributed by atoms with Crippen molar-refractivity contribution < 1.29 is 9.53 Å². The smallest absolute Gasteiger partial charge is 0.410 e. The summed E-state index contributed by atoms with van der Waals surface area (Å²) >= 11 is 0. The van der Waals surface area contributed by atoms with Crippen molar-refractivity contribution in [3.63, 3.8) is 0 Å². The molecule has 0 radical (unpaired) electrons. The molecule has 1 spiro atoms. The molecule has 2 fully saturated rings. The van der Waals surface area contributed by atoms with Crippen molar-refractivity contribution in [2.24, 2.45) is 5.41 Å². The number of hydrogen-bond donors (Lipinski definition) is 1. The SMILES string of the molecule is CC(C)(C)OC(=O)N1CCC[C@]2(CCNC2)C1. The van der Waals surface area contributed by atoms with Crippen LogP contribution in [0.2, 0.25) is 0 Å². The van der Waals surface area contributed by atoms with Gasteiger partial charge >= 0.3 is 6.09 Å². The second-order valence-corrected chi connectivity index (χ2v) is 6.43. The summed E-state index contributed by atoms with van der Waals surface area (Å²) in [5.41, 5.74) is -0.0786. The highest BCUT2D eigenvalue weighted by Crippen LogP contribution is 2.35. The summed E-state index contributed by atoms with van der Waals surface area (Å²) in [7, 11) is 0. The van der Waals surface area contributed by atoms with Crippen molar-refractivity contribution in [1.29, 1.82) is 0 Å². The van der Waals surface area contributed by atoms with E-state index in [-0.39, 0.29) is 6.09 Å². The number of rotatable bonds is 0. The van der Waals surface area contributed by atoms with Crippen LogP contribution in [0.1, 0.15) is 40.0 Å². The molecule has 4 heteroatoms. The van der Waals surface area contributed by atoms with Crippen molar-refractivity contribution in [1.82, 2.24) is 10.2 Å². The molecule has 2 aliphatic rings. The summed E-state index contributed by atoms with van der Waals surface area (Å²) in [6.07, 6.45) is 3.37. The molecule has 2 heterocycles. The van der Waals surface area contributed by atoms with Gasteiger partial charge < -0.3 is 15.0 Å². The van der Waals surface area contributed by atoms with E-state index in [4.69, 9.17) is 4.74 Å². The van der Waals surface area contributed by atoms with E-state index in [1.54, 1.807) is 0 Å². The van der Waals surface area contributed by atoms with E-state index in [1.165, 1.54) is 12.8 Å². The Kier molecular flexibility index (Phi) is 3.34. The third-order valence-electron chi connectivity index (χ3n) is 3.65. The van der Waals surface area contributed by atoms with Crippen molar-refractivity contribution in [3.05, 3.63) is 0 Å². The Labute approximate surface area is 104 Å². The molecule has 4 nitrogen and oxygen atoms in total. The van der Waals surface area contributed by atoms with E-state index >= 15 is 0 Å². The number of piperidine rings is 1. The molecule has 0 saturated carbocycles. The number of amides is 1. The van der Waals surface area contributed by atoms with Gasteiger partial charge in [-0.1, -0.05) is 0 Å². The number of carbonyl (C=O) groups is 1. The molecular formula is C13H24N2O2. The Morgan fingerprint density at radius 3 is 2.71 bits per heavy atom. The molecule has 0 aromatic heterocycles. The molecule has 2 saturated heterocycles. The second-order valence-electron chi connectivity index (χ2n) is 6.43. The largest absolute Gasteiger partial charge is 0.444 e. The Hall–Kier alpha value is -0.770. The van der Waals surface area contributed by atoms with Crippen LogP contribution >= 0.6 is 0 Å². The first-order valence-corrected chi connectivity index (χ1v) is 6.59. The van der Waals surface area contributed by atoms with E-state index in [0.717, 1.165) is 32.6 Å². The summed E-state index contributed by atoms with van der Waals surface area (Å²) in [5, 5.41) is 3.41. The fourth-order valence-corrected chi connectivity index (χ4v) is 2.83. The van der Waals surface area contributed by atoms with Gasteiger partial charge in [0.15, 0.2) is 0 Å². The summed E-state index contributed by atoms with van der Waals surface area (Å²) in [6.45, 7) is 9.59. The first-order valence-electron chi connectivity index (χ1n) is 6.59. The quantitative estimate of drug-likeness (QED) is 0.704. The van der Waals surface area contributed by atoms with Crippen molar-refractivity contribution in [2.75, 3.05) is 26.2 Å². The average Bonchev–Trinajstić information content (AvgIpc) is 2.64. The van der Waals surface area contributed by atoms with Crippen LogP contribution in [-0.2, 0) is 4.74 Å². The van der Waals surface area contributed by atoms with Gasteiger partial charge in [0.1, 0.15) is 5.60 Å². The second kappa shape index (κ2) is 4.48. The molecule has 0 aromatic rings. The molecule has 2 aliphatic heterocycles. The lowest BCUT2D eigenvalue weighted by atomic mass is 9.79. The molecule has 1 N–H and O–H groups in total. The molecule has 0 bridgehead atoms. The van der Waals surface area contributed by atoms with Crippen molar-refractivity contribution >= 4 is 6.09 Å². The maximum absolute atomic E-state index is 12.0. The minimum atomic E-state index is -0.393. The standard InChI is InChI=1S/C13H24N2O2/c1-12(2,3)17-11(16)15-8-4-5-13(10-15)6-7-14-9-13/h14H,4-10H2,1-3H3/t13-/m1/s1. The maximum Gasteiger partial charge on any atom is 0.410 e. The fourth-order valence-electron chi connectivity index (χ4n) is 2.83. The zero-order valence-corrected chi connectivity index (χ0v) is 11.2. The van der Waals surface area contributed by atoms with E-state index in [2.05, 4.69) is 5.32 Å². The zero-order chi connectivity index (χ0) is 12.5. The Morgan fingerprint density at radius 1 is 1.35 bits per heavy atom. The van der Waals surface area contributed by atoms with E-state index in [9.17, 15) is 4.79 Å². The summed E-state index contributed by atoms with van der Waals surface area (Å²) in [4.78, 5) is 13.9. The van der Waals surface area contributed by atoms with E-state index in [0.29, 0.717) is 5.41 Å². The third kappa shape index (κ3) is 3.12. The number of ether oxygens (including phenoxy) is 1. The molecular weight excluding hydrogens is 216 g/mol. The topological polar surface area (TPSA) is 41.6 Å². The number of hydrogen-bond acceptors (Lipinski definition) is 3. The lowest BCUT2D eigenvalue weighted by Crippen LogP contribution is -2.48. The van der Waals surface area contributed by atoms with Gasteiger partial charge in [0, 0.05) is 25.0 Å². The van der Waals surface area contributed by atoms with Gasteiger partial charge in [-0.15, -0.1) is 0 Å². The number of nitrogens with one attached hydrogen (secondary N) is 1. The van der Waals surface area contributed by atoms with Gasteiger partial charge in [-0.05, 0) is 46.6 Å². The molecule has 0 aromatic carbocycles. The molecule has 17 heavy (non-hydrogen) atoms. The van der Waals surface area contributed by atoms with Crippen molar-refractivity contribution in [3.8, 4) is 0 Å². The molecule has 98 valence electrons. The normalized spacial score (nSPS) is 29.7. The molecule has 0 unspecified atom stereocenters. The third-order valence-corrected chi connectivity index (χ3v) is 3.65. The number of carbonyl (C=O) groups excluding carboxylic acids is 1. The predicted octanol–water partition coefficient (Wildman–Crippen LogP) is 2.00. The Morgan fingerprint density at radius 2 is 2.12 bits per heavy atom. The summed E-state index contributed by atoms with van der Waals surface area (Å²) in [6, 6.07) is 0. The predicted molar refractivity (Wildman–Crippen MR) is 67.0 cm³/mol.